The van der Waals surface area contributed by atoms with Crippen molar-refractivity contribution in [3.63, 3.8) is 0 Å². The Balaban J connectivity index is 2.58. The summed E-state index contributed by atoms with van der Waals surface area (Å²) in [5.41, 5.74) is -0.516. The van der Waals surface area contributed by atoms with Gasteiger partial charge in [0.2, 0.25) is 11.8 Å². The van der Waals surface area contributed by atoms with Gasteiger partial charge >= 0.3 is 6.09 Å². The van der Waals surface area contributed by atoms with Gasteiger partial charge in [0.1, 0.15) is 5.60 Å². The van der Waals surface area contributed by atoms with Crippen molar-refractivity contribution in [1.29, 1.82) is 0 Å². The molecule has 1 rings (SSSR count). The molecule has 26 heavy (non-hydrogen) atoms. The lowest BCUT2D eigenvalue weighted by atomic mass is 10.1. The summed E-state index contributed by atoms with van der Waals surface area (Å²) in [4.78, 5) is 41.6. The highest BCUT2D eigenvalue weighted by Gasteiger charge is 2.31. The number of nitrogens with one attached hydrogen (secondary N) is 1. The number of carbonyl (C=O) groups excluding carboxylic acids is 3. The zero-order valence-corrected chi connectivity index (χ0v) is 17.0. The Hall–Kier alpha value is -1.83. The van der Waals surface area contributed by atoms with E-state index in [0.717, 1.165) is 6.42 Å². The Morgan fingerprint density at radius 3 is 2.15 bits per heavy atom. The van der Waals surface area contributed by atoms with Crippen LogP contribution in [0.1, 0.15) is 40.5 Å². The van der Waals surface area contributed by atoms with Crippen LogP contribution < -0.4 is 5.32 Å². The number of hydrogen-bond acceptors (Lipinski definition) is 5. The highest BCUT2D eigenvalue weighted by atomic mass is 16.6. The van der Waals surface area contributed by atoms with E-state index in [9.17, 15) is 14.4 Å². The van der Waals surface area contributed by atoms with E-state index in [1.54, 1.807) is 19.0 Å². The predicted molar refractivity (Wildman–Crippen MR) is 99.8 cm³/mol. The normalized spacial score (nSPS) is 16.8. The SMILES string of the molecule is CCCC(C(=O)NCC(=O)N(C)C)N1CCN(C(=O)OC(C)(C)C)CC1. The molecule has 1 fully saturated rings. The molecule has 1 heterocycles. The van der Waals surface area contributed by atoms with Gasteiger partial charge in [0, 0.05) is 40.3 Å². The number of piperazine rings is 1. The van der Waals surface area contributed by atoms with Crippen LogP contribution in [0.2, 0.25) is 0 Å². The summed E-state index contributed by atoms with van der Waals surface area (Å²) in [6.07, 6.45) is 1.27. The van der Waals surface area contributed by atoms with Gasteiger partial charge in [-0.05, 0) is 27.2 Å². The maximum absolute atomic E-state index is 12.5. The zero-order chi connectivity index (χ0) is 19.9. The van der Waals surface area contributed by atoms with Crippen molar-refractivity contribution in [1.82, 2.24) is 20.0 Å². The minimum Gasteiger partial charge on any atom is -0.444 e. The molecule has 0 bridgehead atoms. The number of ether oxygens (including phenoxy) is 1. The zero-order valence-electron chi connectivity index (χ0n) is 17.0. The van der Waals surface area contributed by atoms with E-state index in [0.29, 0.717) is 32.6 Å². The molecule has 0 aromatic carbocycles. The average molecular weight is 370 g/mol. The van der Waals surface area contributed by atoms with Gasteiger partial charge in [-0.2, -0.15) is 0 Å². The van der Waals surface area contributed by atoms with Crippen LogP contribution in [0.5, 0.6) is 0 Å². The van der Waals surface area contributed by atoms with E-state index in [1.165, 1.54) is 4.90 Å². The third-order valence-electron chi connectivity index (χ3n) is 4.18. The van der Waals surface area contributed by atoms with E-state index in [2.05, 4.69) is 10.2 Å². The van der Waals surface area contributed by atoms with E-state index in [4.69, 9.17) is 4.74 Å². The van der Waals surface area contributed by atoms with Crippen LogP contribution in [0.25, 0.3) is 0 Å². The summed E-state index contributed by atoms with van der Waals surface area (Å²) in [6.45, 7) is 9.84. The lowest BCUT2D eigenvalue weighted by Gasteiger charge is -2.39. The molecular formula is C18H34N4O4. The summed E-state index contributed by atoms with van der Waals surface area (Å²) in [6, 6.07) is -0.282. The van der Waals surface area contributed by atoms with Gasteiger partial charge in [0.25, 0.3) is 0 Å². The summed E-state index contributed by atoms with van der Waals surface area (Å²) in [5, 5.41) is 2.73. The molecule has 1 aliphatic heterocycles. The van der Waals surface area contributed by atoms with Crippen molar-refractivity contribution in [2.45, 2.75) is 52.2 Å². The molecule has 0 spiro atoms. The topological polar surface area (TPSA) is 82.2 Å². The second kappa shape index (κ2) is 9.75. The van der Waals surface area contributed by atoms with Crippen LogP contribution in [-0.2, 0) is 14.3 Å². The monoisotopic (exact) mass is 370 g/mol. The fraction of sp³-hybridized carbons (Fsp3) is 0.833. The van der Waals surface area contributed by atoms with E-state index in [-0.39, 0.29) is 30.5 Å². The third-order valence-corrected chi connectivity index (χ3v) is 4.18. The Bertz CT molecular complexity index is 494. The molecular weight excluding hydrogens is 336 g/mol. The van der Waals surface area contributed by atoms with Crippen LogP contribution in [0.15, 0.2) is 0 Å². The smallest absolute Gasteiger partial charge is 0.410 e. The number of likely N-dealkylation sites (N-methyl/N-ethyl adjacent to an activating group) is 1. The minimum atomic E-state index is -0.516. The standard InChI is InChI=1S/C18H34N4O4/c1-7-8-14(16(24)19-13-15(23)20(5)6)21-9-11-22(12-10-21)17(25)26-18(2,3)4/h14H,7-13H2,1-6H3,(H,19,24). The largest absolute Gasteiger partial charge is 0.444 e. The second-order valence-corrected chi connectivity index (χ2v) is 7.81. The molecule has 8 heteroatoms. The lowest BCUT2D eigenvalue weighted by molar-refractivity contribution is -0.133. The van der Waals surface area contributed by atoms with Crippen molar-refractivity contribution in [3.8, 4) is 0 Å². The molecule has 0 aliphatic carbocycles. The minimum absolute atomic E-state index is 0.00389. The molecule has 1 N–H and O–H groups in total. The van der Waals surface area contributed by atoms with Gasteiger partial charge in [-0.1, -0.05) is 13.3 Å². The van der Waals surface area contributed by atoms with Crippen molar-refractivity contribution >= 4 is 17.9 Å². The maximum atomic E-state index is 12.5. The molecule has 0 radical (unpaired) electrons. The van der Waals surface area contributed by atoms with Crippen LogP contribution in [0, 0.1) is 0 Å². The number of nitrogens with zero attached hydrogens (tertiary/aromatic N) is 3. The van der Waals surface area contributed by atoms with Gasteiger partial charge < -0.3 is 19.9 Å². The molecule has 150 valence electrons. The second-order valence-electron chi connectivity index (χ2n) is 7.81. The molecule has 1 atom stereocenters. The molecule has 1 aliphatic rings. The first-order valence-corrected chi connectivity index (χ1v) is 9.25. The average Bonchev–Trinajstić information content (AvgIpc) is 2.55. The van der Waals surface area contributed by atoms with Gasteiger partial charge in [-0.3, -0.25) is 14.5 Å². The third kappa shape index (κ3) is 7.19. The Morgan fingerprint density at radius 2 is 1.69 bits per heavy atom. The summed E-state index contributed by atoms with van der Waals surface area (Å²) in [7, 11) is 3.32. The van der Waals surface area contributed by atoms with Crippen molar-refractivity contribution in [2.75, 3.05) is 46.8 Å². The van der Waals surface area contributed by atoms with E-state index in [1.807, 2.05) is 27.7 Å². The number of carbonyl (C=O) groups is 3. The first-order chi connectivity index (χ1) is 12.0. The van der Waals surface area contributed by atoms with Gasteiger partial charge in [-0.25, -0.2) is 4.79 Å². The van der Waals surface area contributed by atoms with Gasteiger partial charge in [-0.15, -0.1) is 0 Å². The number of rotatable bonds is 6. The molecule has 8 nitrogen and oxygen atoms in total. The molecule has 3 amide bonds. The van der Waals surface area contributed by atoms with Gasteiger partial charge in [0.15, 0.2) is 0 Å². The van der Waals surface area contributed by atoms with Crippen molar-refractivity contribution in [2.24, 2.45) is 0 Å². The van der Waals surface area contributed by atoms with E-state index >= 15 is 0 Å². The first-order valence-electron chi connectivity index (χ1n) is 9.25. The molecule has 0 aromatic rings. The number of hydrogen-bond donors (Lipinski definition) is 1. The predicted octanol–water partition coefficient (Wildman–Crippen LogP) is 0.912. The maximum Gasteiger partial charge on any atom is 0.410 e. The van der Waals surface area contributed by atoms with Crippen LogP contribution in [-0.4, -0.2) is 91.1 Å². The summed E-state index contributed by atoms with van der Waals surface area (Å²) < 4.78 is 5.40. The van der Waals surface area contributed by atoms with Gasteiger partial charge in [0.05, 0.1) is 12.6 Å². The fourth-order valence-corrected chi connectivity index (χ4v) is 2.73. The fourth-order valence-electron chi connectivity index (χ4n) is 2.73. The highest BCUT2D eigenvalue weighted by Crippen LogP contribution is 2.15. The first kappa shape index (κ1) is 22.2. The lowest BCUT2D eigenvalue weighted by Crippen LogP contribution is -2.56. The summed E-state index contributed by atoms with van der Waals surface area (Å²) in [5.74, 6) is -0.267. The van der Waals surface area contributed by atoms with Crippen LogP contribution in [0.3, 0.4) is 0 Å². The number of amides is 3. The quantitative estimate of drug-likeness (QED) is 0.752. The van der Waals surface area contributed by atoms with Crippen LogP contribution in [0.4, 0.5) is 4.79 Å². The van der Waals surface area contributed by atoms with E-state index < -0.39 is 5.60 Å². The Morgan fingerprint density at radius 1 is 1.12 bits per heavy atom. The highest BCUT2D eigenvalue weighted by molar-refractivity contribution is 5.87. The van der Waals surface area contributed by atoms with Crippen LogP contribution >= 0.6 is 0 Å². The molecule has 0 saturated carbocycles. The molecule has 0 aromatic heterocycles. The summed E-state index contributed by atoms with van der Waals surface area (Å²) >= 11 is 0. The Labute approximate surface area is 156 Å². The molecule has 1 unspecified atom stereocenters. The Kier molecular flexibility index (Phi) is 8.33. The van der Waals surface area contributed by atoms with Crippen molar-refractivity contribution < 1.29 is 19.1 Å². The van der Waals surface area contributed by atoms with Crippen molar-refractivity contribution in [3.05, 3.63) is 0 Å². The molecule has 1 saturated heterocycles.